The molecule has 0 radical (unpaired) electrons. The zero-order valence-electron chi connectivity index (χ0n) is 16.0. The molecule has 0 aliphatic carbocycles. The third-order valence-corrected chi connectivity index (χ3v) is 5.09. The van der Waals surface area contributed by atoms with Gasteiger partial charge in [0.15, 0.2) is 0 Å². The standard InChI is InChI=1S/C21H27N3O3/c1-15-22-19(13-20(25)23-15)17-6-4-12-24(14-17)21(26)7-3-5-16-8-10-18(27-2)11-9-16/h8-11,13,17H,3-7,12,14H2,1-2H3,(H,22,23,25). The number of hydrogen-bond acceptors (Lipinski definition) is 4. The van der Waals surface area contributed by atoms with Crippen molar-refractivity contribution in [3.63, 3.8) is 0 Å². The zero-order chi connectivity index (χ0) is 19.2. The summed E-state index contributed by atoms with van der Waals surface area (Å²) in [6.07, 6.45) is 4.16. The molecule has 0 spiro atoms. The monoisotopic (exact) mass is 369 g/mol. The van der Waals surface area contributed by atoms with Gasteiger partial charge >= 0.3 is 0 Å². The van der Waals surface area contributed by atoms with Crippen LogP contribution in [0, 0.1) is 6.92 Å². The van der Waals surface area contributed by atoms with Crippen LogP contribution in [0.25, 0.3) is 0 Å². The molecule has 1 fully saturated rings. The minimum atomic E-state index is -0.125. The van der Waals surface area contributed by atoms with Crippen LogP contribution in [0.4, 0.5) is 0 Å². The van der Waals surface area contributed by atoms with Crippen LogP contribution in [0.15, 0.2) is 35.1 Å². The lowest BCUT2D eigenvalue weighted by Crippen LogP contribution is -2.39. The second kappa shape index (κ2) is 8.84. The Morgan fingerprint density at radius 2 is 2.11 bits per heavy atom. The fraction of sp³-hybridized carbons (Fsp3) is 0.476. The summed E-state index contributed by atoms with van der Waals surface area (Å²) in [6, 6.07) is 9.55. The summed E-state index contributed by atoms with van der Waals surface area (Å²) in [4.78, 5) is 33.4. The Morgan fingerprint density at radius 3 is 2.81 bits per heavy atom. The third kappa shape index (κ3) is 5.18. The molecule has 2 heterocycles. The summed E-state index contributed by atoms with van der Waals surface area (Å²) >= 11 is 0. The largest absolute Gasteiger partial charge is 0.497 e. The number of H-pyrrole nitrogens is 1. The summed E-state index contributed by atoms with van der Waals surface area (Å²) < 4.78 is 5.17. The lowest BCUT2D eigenvalue weighted by Gasteiger charge is -2.32. The predicted octanol–water partition coefficient (Wildman–Crippen LogP) is 2.82. The molecule has 1 saturated heterocycles. The van der Waals surface area contributed by atoms with Crippen LogP contribution in [0.2, 0.25) is 0 Å². The number of aromatic nitrogens is 2. The van der Waals surface area contributed by atoms with Gasteiger partial charge in [-0.1, -0.05) is 12.1 Å². The Kier molecular flexibility index (Phi) is 6.27. The van der Waals surface area contributed by atoms with Crippen LogP contribution in [0.5, 0.6) is 5.75 Å². The van der Waals surface area contributed by atoms with E-state index in [4.69, 9.17) is 4.74 Å². The van der Waals surface area contributed by atoms with E-state index in [9.17, 15) is 9.59 Å². The van der Waals surface area contributed by atoms with E-state index in [2.05, 4.69) is 9.97 Å². The highest BCUT2D eigenvalue weighted by Gasteiger charge is 2.25. The second-order valence-electron chi connectivity index (χ2n) is 7.14. The van der Waals surface area contributed by atoms with E-state index in [0.29, 0.717) is 18.8 Å². The maximum Gasteiger partial charge on any atom is 0.251 e. The highest BCUT2D eigenvalue weighted by molar-refractivity contribution is 5.76. The van der Waals surface area contributed by atoms with Gasteiger partial charge < -0.3 is 14.6 Å². The van der Waals surface area contributed by atoms with E-state index < -0.39 is 0 Å². The van der Waals surface area contributed by atoms with Crippen LogP contribution in [0.3, 0.4) is 0 Å². The molecule has 1 amide bonds. The molecule has 1 aromatic heterocycles. The Labute approximate surface area is 159 Å². The second-order valence-corrected chi connectivity index (χ2v) is 7.14. The van der Waals surface area contributed by atoms with Crippen molar-refractivity contribution in [2.45, 2.75) is 44.9 Å². The molecule has 6 heteroatoms. The molecule has 0 bridgehead atoms. The quantitative estimate of drug-likeness (QED) is 0.850. The van der Waals surface area contributed by atoms with Crippen molar-refractivity contribution < 1.29 is 9.53 Å². The summed E-state index contributed by atoms with van der Waals surface area (Å²) in [7, 11) is 1.65. The van der Waals surface area contributed by atoms with Gasteiger partial charge in [-0.05, 0) is 50.3 Å². The van der Waals surface area contributed by atoms with Gasteiger partial charge in [-0.15, -0.1) is 0 Å². The van der Waals surface area contributed by atoms with E-state index in [1.165, 1.54) is 5.56 Å². The third-order valence-electron chi connectivity index (χ3n) is 5.09. The smallest absolute Gasteiger partial charge is 0.251 e. The number of likely N-dealkylation sites (tertiary alicyclic amines) is 1. The van der Waals surface area contributed by atoms with Gasteiger partial charge in [0.25, 0.3) is 5.56 Å². The minimum Gasteiger partial charge on any atom is -0.497 e. The van der Waals surface area contributed by atoms with Crippen molar-refractivity contribution in [1.29, 1.82) is 0 Å². The van der Waals surface area contributed by atoms with Gasteiger partial charge in [0, 0.05) is 31.5 Å². The Bertz CT molecular complexity index is 829. The number of aryl methyl sites for hydroxylation is 2. The number of carbonyl (C=O) groups is 1. The molecule has 27 heavy (non-hydrogen) atoms. The first-order valence-corrected chi connectivity index (χ1v) is 9.53. The average Bonchev–Trinajstić information content (AvgIpc) is 2.68. The Hall–Kier alpha value is -2.63. The van der Waals surface area contributed by atoms with Crippen LogP contribution in [-0.2, 0) is 11.2 Å². The fourth-order valence-electron chi connectivity index (χ4n) is 3.65. The van der Waals surface area contributed by atoms with Gasteiger partial charge in [-0.25, -0.2) is 4.98 Å². The van der Waals surface area contributed by atoms with Crippen molar-refractivity contribution in [3.8, 4) is 5.75 Å². The highest BCUT2D eigenvalue weighted by Crippen LogP contribution is 2.25. The first kappa shape index (κ1) is 19.1. The predicted molar refractivity (Wildman–Crippen MR) is 104 cm³/mol. The van der Waals surface area contributed by atoms with Crippen LogP contribution in [-0.4, -0.2) is 41.0 Å². The molecule has 1 aliphatic heterocycles. The van der Waals surface area contributed by atoms with E-state index >= 15 is 0 Å². The Balaban J connectivity index is 1.52. The highest BCUT2D eigenvalue weighted by atomic mass is 16.5. The molecule has 1 N–H and O–H groups in total. The summed E-state index contributed by atoms with van der Waals surface area (Å²) in [5.41, 5.74) is 1.88. The number of piperidine rings is 1. The maximum atomic E-state index is 12.6. The van der Waals surface area contributed by atoms with Crippen molar-refractivity contribution in [2.75, 3.05) is 20.2 Å². The molecule has 1 atom stereocenters. The normalized spacial score (nSPS) is 17.0. The molecule has 144 valence electrons. The molecular weight excluding hydrogens is 342 g/mol. The summed E-state index contributed by atoms with van der Waals surface area (Å²) in [5, 5.41) is 0. The summed E-state index contributed by atoms with van der Waals surface area (Å²) in [5.74, 6) is 1.80. The maximum absolute atomic E-state index is 12.6. The van der Waals surface area contributed by atoms with E-state index in [-0.39, 0.29) is 17.4 Å². The fourth-order valence-corrected chi connectivity index (χ4v) is 3.65. The van der Waals surface area contributed by atoms with Gasteiger partial charge in [0.2, 0.25) is 5.91 Å². The SMILES string of the molecule is COc1ccc(CCCC(=O)N2CCCC(c3cc(=O)[nH]c(C)n3)C2)cc1. The van der Waals surface area contributed by atoms with Gasteiger partial charge in [-0.3, -0.25) is 9.59 Å². The number of ether oxygens (including phenoxy) is 1. The minimum absolute atomic E-state index is 0.125. The van der Waals surface area contributed by atoms with E-state index in [0.717, 1.165) is 43.7 Å². The molecule has 1 aromatic carbocycles. The van der Waals surface area contributed by atoms with Crippen LogP contribution < -0.4 is 10.3 Å². The van der Waals surface area contributed by atoms with Crippen molar-refractivity contribution in [2.24, 2.45) is 0 Å². The van der Waals surface area contributed by atoms with Crippen molar-refractivity contribution >= 4 is 5.91 Å². The van der Waals surface area contributed by atoms with Crippen molar-refractivity contribution in [3.05, 3.63) is 57.8 Å². The number of aromatic amines is 1. The van der Waals surface area contributed by atoms with Crippen LogP contribution in [0.1, 0.15) is 48.7 Å². The number of nitrogens with zero attached hydrogens (tertiary/aromatic N) is 2. The molecule has 0 saturated carbocycles. The number of amides is 1. The lowest BCUT2D eigenvalue weighted by atomic mass is 9.94. The van der Waals surface area contributed by atoms with E-state index in [1.54, 1.807) is 20.1 Å². The van der Waals surface area contributed by atoms with E-state index in [1.807, 2.05) is 29.2 Å². The average molecular weight is 369 g/mol. The molecule has 2 aromatic rings. The van der Waals surface area contributed by atoms with Gasteiger partial charge in [-0.2, -0.15) is 0 Å². The number of benzene rings is 1. The van der Waals surface area contributed by atoms with Crippen molar-refractivity contribution in [1.82, 2.24) is 14.9 Å². The molecule has 6 nitrogen and oxygen atoms in total. The number of rotatable bonds is 6. The molecule has 1 aliphatic rings. The van der Waals surface area contributed by atoms with Crippen LogP contribution >= 0.6 is 0 Å². The number of carbonyl (C=O) groups excluding carboxylic acids is 1. The van der Waals surface area contributed by atoms with Gasteiger partial charge in [0.05, 0.1) is 12.8 Å². The first-order chi connectivity index (χ1) is 13.0. The zero-order valence-corrected chi connectivity index (χ0v) is 16.0. The number of hydrogen-bond donors (Lipinski definition) is 1. The first-order valence-electron chi connectivity index (χ1n) is 9.53. The number of methoxy groups -OCH3 is 1. The van der Waals surface area contributed by atoms with Gasteiger partial charge in [0.1, 0.15) is 11.6 Å². The Morgan fingerprint density at radius 1 is 1.33 bits per heavy atom. The topological polar surface area (TPSA) is 75.3 Å². The summed E-state index contributed by atoms with van der Waals surface area (Å²) in [6.45, 7) is 3.23. The molecular formula is C21H27N3O3. The number of nitrogens with one attached hydrogen (secondary N) is 1. The molecule has 3 rings (SSSR count). The molecule has 1 unspecified atom stereocenters. The lowest BCUT2D eigenvalue weighted by molar-refractivity contribution is -0.132.